The van der Waals surface area contributed by atoms with E-state index in [-0.39, 0.29) is 17.5 Å². The highest BCUT2D eigenvalue weighted by atomic mass is 16.6. The van der Waals surface area contributed by atoms with Crippen LogP contribution in [0.3, 0.4) is 0 Å². The minimum absolute atomic E-state index is 0.0181. The van der Waals surface area contributed by atoms with E-state index >= 15 is 0 Å². The molecule has 3 rings (SSSR count). The van der Waals surface area contributed by atoms with Gasteiger partial charge in [0.1, 0.15) is 11.4 Å². The first-order chi connectivity index (χ1) is 12.1. The number of Topliss-reactive ketones (excluding diaryl/α,β-unsaturated/α-hetero) is 1. The Morgan fingerprint density at radius 2 is 2.12 bits per heavy atom. The van der Waals surface area contributed by atoms with Crippen molar-refractivity contribution in [3.05, 3.63) is 58.0 Å². The van der Waals surface area contributed by atoms with Crippen LogP contribution >= 0.6 is 0 Å². The van der Waals surface area contributed by atoms with Crippen LogP contribution in [0.5, 0.6) is 0 Å². The van der Waals surface area contributed by atoms with Gasteiger partial charge in [-0.3, -0.25) is 19.8 Å². The zero-order valence-electron chi connectivity index (χ0n) is 14.1. The maximum atomic E-state index is 11.5. The average Bonchev–Trinajstić information content (AvgIpc) is 3.29. The van der Waals surface area contributed by atoms with E-state index in [4.69, 9.17) is 4.42 Å². The molecular weight excluding hydrogens is 322 g/mol. The van der Waals surface area contributed by atoms with E-state index in [0.29, 0.717) is 17.8 Å². The lowest BCUT2D eigenvalue weighted by atomic mass is 10.1. The SMILES string of the molecule is CC(=O)c1ccc(NCC(c2ccco2)N2CCCC2)c([N+](=O)[O-])c1. The first-order valence-corrected chi connectivity index (χ1v) is 8.37. The highest BCUT2D eigenvalue weighted by Crippen LogP contribution is 2.29. The number of hydrogen-bond acceptors (Lipinski definition) is 6. The van der Waals surface area contributed by atoms with E-state index < -0.39 is 4.92 Å². The number of hydrogen-bond donors (Lipinski definition) is 1. The van der Waals surface area contributed by atoms with Gasteiger partial charge in [0.15, 0.2) is 5.78 Å². The van der Waals surface area contributed by atoms with Crippen molar-refractivity contribution in [2.24, 2.45) is 0 Å². The summed E-state index contributed by atoms with van der Waals surface area (Å²) in [6, 6.07) is 8.32. The largest absolute Gasteiger partial charge is 0.468 e. The molecule has 1 aliphatic heterocycles. The van der Waals surface area contributed by atoms with E-state index in [1.54, 1.807) is 18.4 Å². The van der Waals surface area contributed by atoms with Crippen LogP contribution < -0.4 is 5.32 Å². The Hall–Kier alpha value is -2.67. The summed E-state index contributed by atoms with van der Waals surface area (Å²) in [6.45, 7) is 3.86. The number of likely N-dealkylation sites (tertiary alicyclic amines) is 1. The minimum atomic E-state index is -0.466. The van der Waals surface area contributed by atoms with Gasteiger partial charge in [0.25, 0.3) is 5.69 Å². The average molecular weight is 343 g/mol. The number of anilines is 1. The summed E-state index contributed by atoms with van der Waals surface area (Å²) in [7, 11) is 0. The summed E-state index contributed by atoms with van der Waals surface area (Å²) in [6.07, 6.45) is 3.93. The molecule has 1 saturated heterocycles. The van der Waals surface area contributed by atoms with Gasteiger partial charge in [-0.2, -0.15) is 0 Å². The minimum Gasteiger partial charge on any atom is -0.468 e. The fourth-order valence-corrected chi connectivity index (χ4v) is 3.20. The molecule has 2 heterocycles. The molecule has 1 aromatic heterocycles. The molecular formula is C18H21N3O4. The number of benzene rings is 1. The van der Waals surface area contributed by atoms with Gasteiger partial charge >= 0.3 is 0 Å². The lowest BCUT2D eigenvalue weighted by Gasteiger charge is -2.26. The summed E-state index contributed by atoms with van der Waals surface area (Å²) in [5, 5.41) is 14.5. The highest BCUT2D eigenvalue weighted by Gasteiger charge is 2.26. The molecule has 1 aromatic carbocycles. The Balaban J connectivity index is 1.80. The summed E-state index contributed by atoms with van der Waals surface area (Å²) < 4.78 is 5.56. The number of nitrogens with zero attached hydrogens (tertiary/aromatic N) is 2. The number of carbonyl (C=O) groups excluding carboxylic acids is 1. The third kappa shape index (κ3) is 3.88. The number of nitrogens with one attached hydrogen (secondary N) is 1. The van der Waals surface area contributed by atoms with Crippen LogP contribution in [0.4, 0.5) is 11.4 Å². The van der Waals surface area contributed by atoms with Crippen LogP contribution in [-0.4, -0.2) is 35.2 Å². The van der Waals surface area contributed by atoms with Crippen molar-refractivity contribution in [1.82, 2.24) is 4.90 Å². The van der Waals surface area contributed by atoms with Gasteiger partial charge < -0.3 is 9.73 Å². The summed E-state index contributed by atoms with van der Waals surface area (Å²) >= 11 is 0. The quantitative estimate of drug-likeness (QED) is 0.469. The number of carbonyl (C=O) groups is 1. The highest BCUT2D eigenvalue weighted by molar-refractivity contribution is 5.95. The van der Waals surface area contributed by atoms with E-state index in [2.05, 4.69) is 10.2 Å². The Morgan fingerprint density at radius 3 is 2.72 bits per heavy atom. The van der Waals surface area contributed by atoms with Crippen molar-refractivity contribution < 1.29 is 14.1 Å². The predicted octanol–water partition coefficient (Wildman–Crippen LogP) is 3.64. The molecule has 7 nitrogen and oxygen atoms in total. The lowest BCUT2D eigenvalue weighted by Crippen LogP contribution is -2.30. The van der Waals surface area contributed by atoms with E-state index in [0.717, 1.165) is 31.7 Å². The number of ketones is 1. The third-order valence-corrected chi connectivity index (χ3v) is 4.54. The van der Waals surface area contributed by atoms with Gasteiger partial charge in [-0.05, 0) is 57.1 Å². The van der Waals surface area contributed by atoms with Crippen molar-refractivity contribution in [2.75, 3.05) is 25.0 Å². The zero-order valence-corrected chi connectivity index (χ0v) is 14.1. The second-order valence-electron chi connectivity index (χ2n) is 6.20. The molecule has 0 aliphatic carbocycles. The molecule has 132 valence electrons. The second-order valence-corrected chi connectivity index (χ2v) is 6.20. The van der Waals surface area contributed by atoms with Crippen molar-refractivity contribution >= 4 is 17.2 Å². The van der Waals surface area contributed by atoms with Crippen LogP contribution in [-0.2, 0) is 0 Å². The van der Waals surface area contributed by atoms with Gasteiger partial charge in [-0.1, -0.05) is 0 Å². The Kier molecular flexibility index (Phi) is 5.14. The van der Waals surface area contributed by atoms with Crippen LogP contribution in [0.15, 0.2) is 41.0 Å². The fraction of sp³-hybridized carbons (Fsp3) is 0.389. The Labute approximate surface area is 145 Å². The Bertz CT molecular complexity index is 752. The molecule has 1 atom stereocenters. The lowest BCUT2D eigenvalue weighted by molar-refractivity contribution is -0.384. The van der Waals surface area contributed by atoms with Crippen molar-refractivity contribution in [3.63, 3.8) is 0 Å². The van der Waals surface area contributed by atoms with Crippen molar-refractivity contribution in [2.45, 2.75) is 25.8 Å². The van der Waals surface area contributed by atoms with Crippen LogP contribution in [0.2, 0.25) is 0 Å². The molecule has 2 aromatic rings. The molecule has 0 radical (unpaired) electrons. The molecule has 1 N–H and O–H groups in total. The summed E-state index contributed by atoms with van der Waals surface area (Å²) in [4.78, 5) is 24.7. The van der Waals surface area contributed by atoms with Crippen molar-refractivity contribution in [3.8, 4) is 0 Å². The second kappa shape index (κ2) is 7.48. The molecule has 1 fully saturated rings. The van der Waals surface area contributed by atoms with Gasteiger partial charge in [-0.25, -0.2) is 0 Å². The van der Waals surface area contributed by atoms with E-state index in [1.807, 2.05) is 12.1 Å². The fourth-order valence-electron chi connectivity index (χ4n) is 3.20. The number of nitro groups is 1. The van der Waals surface area contributed by atoms with E-state index in [1.165, 1.54) is 13.0 Å². The summed E-state index contributed by atoms with van der Waals surface area (Å²) in [5.74, 6) is 0.651. The normalized spacial score (nSPS) is 15.9. The molecule has 0 amide bonds. The standard InChI is InChI=1S/C18H21N3O4/c1-13(22)14-6-7-15(16(11-14)21(23)24)19-12-17(18-5-4-10-25-18)20-8-2-3-9-20/h4-7,10-11,17,19H,2-3,8-9,12H2,1H3. The first-order valence-electron chi connectivity index (χ1n) is 8.37. The van der Waals surface area contributed by atoms with Gasteiger partial charge in [0, 0.05) is 18.2 Å². The molecule has 7 heteroatoms. The van der Waals surface area contributed by atoms with E-state index in [9.17, 15) is 14.9 Å². The molecule has 1 aliphatic rings. The molecule has 0 spiro atoms. The number of furan rings is 1. The monoisotopic (exact) mass is 343 g/mol. The third-order valence-electron chi connectivity index (χ3n) is 4.54. The first kappa shape index (κ1) is 17.2. The maximum Gasteiger partial charge on any atom is 0.293 e. The predicted molar refractivity (Wildman–Crippen MR) is 93.8 cm³/mol. The van der Waals surface area contributed by atoms with Gasteiger partial charge in [-0.15, -0.1) is 0 Å². The topological polar surface area (TPSA) is 88.6 Å². The van der Waals surface area contributed by atoms with Crippen molar-refractivity contribution in [1.29, 1.82) is 0 Å². The smallest absolute Gasteiger partial charge is 0.293 e. The summed E-state index contributed by atoms with van der Waals surface area (Å²) in [5.41, 5.74) is 0.650. The molecule has 0 saturated carbocycles. The molecule has 0 bridgehead atoms. The van der Waals surface area contributed by atoms with Gasteiger partial charge in [0.2, 0.25) is 0 Å². The van der Waals surface area contributed by atoms with Crippen LogP contribution in [0.1, 0.15) is 41.9 Å². The maximum absolute atomic E-state index is 11.5. The van der Waals surface area contributed by atoms with Gasteiger partial charge in [0.05, 0.1) is 17.2 Å². The zero-order chi connectivity index (χ0) is 17.8. The Morgan fingerprint density at radius 1 is 1.36 bits per heavy atom. The van der Waals surface area contributed by atoms with Crippen LogP contribution in [0.25, 0.3) is 0 Å². The number of nitro benzene ring substituents is 1. The number of rotatable bonds is 7. The van der Waals surface area contributed by atoms with Crippen LogP contribution in [0, 0.1) is 10.1 Å². The molecule has 1 unspecified atom stereocenters. The molecule has 25 heavy (non-hydrogen) atoms.